The third-order valence-electron chi connectivity index (χ3n) is 8.07. The van der Waals surface area contributed by atoms with E-state index in [0.717, 1.165) is 42.7 Å². The van der Waals surface area contributed by atoms with Gasteiger partial charge in [-0.3, -0.25) is 14.5 Å². The number of aryl methyl sites for hydroxylation is 1. The molecule has 2 aromatic heterocycles. The van der Waals surface area contributed by atoms with Crippen molar-refractivity contribution in [3.63, 3.8) is 0 Å². The molecule has 3 N–H and O–H groups in total. The summed E-state index contributed by atoms with van der Waals surface area (Å²) in [7, 11) is 1.89. The first kappa shape index (κ1) is 36.3. The maximum Gasteiger partial charge on any atom is 0.508 e. The molecule has 0 saturated carbocycles. The van der Waals surface area contributed by atoms with Gasteiger partial charge in [-0.15, -0.1) is 0 Å². The van der Waals surface area contributed by atoms with Crippen molar-refractivity contribution in [3.05, 3.63) is 83.8 Å². The van der Waals surface area contributed by atoms with Crippen molar-refractivity contribution in [2.75, 3.05) is 36.6 Å². The number of rotatable bonds is 15. The molecule has 1 aliphatic heterocycles. The van der Waals surface area contributed by atoms with Crippen LogP contribution in [-0.4, -0.2) is 77.0 Å². The van der Waals surface area contributed by atoms with Crippen LogP contribution in [0.25, 0.3) is 11.0 Å². The molecule has 268 valence electrons. The highest BCUT2D eigenvalue weighted by molar-refractivity contribution is 6.07. The van der Waals surface area contributed by atoms with Crippen molar-refractivity contribution in [3.8, 4) is 0 Å². The number of unbranched alkanes of at least 4 members (excludes halogenated alkanes) is 3. The number of nitrogens with one attached hydrogen (secondary N) is 1. The second-order valence-electron chi connectivity index (χ2n) is 11.8. The number of amides is 2. The molecular formula is C36H41N7O8. The maximum atomic E-state index is 13.8. The molecule has 1 saturated heterocycles. The SMILES string of the molecule is CCCCCCOC(=O)/N=C(\N)c1ccc(NCc2nc3cc(C(=O)N(CCC(=O)OC4COC(=O)OC4)c4ccccn4)ccc3n2C)cc1. The van der Waals surface area contributed by atoms with E-state index >= 15 is 0 Å². The van der Waals surface area contributed by atoms with Gasteiger partial charge in [0.2, 0.25) is 0 Å². The molecule has 51 heavy (non-hydrogen) atoms. The number of anilines is 2. The number of aromatic nitrogens is 3. The Morgan fingerprint density at radius 1 is 1.04 bits per heavy atom. The fourth-order valence-corrected chi connectivity index (χ4v) is 5.28. The predicted octanol–water partition coefficient (Wildman–Crippen LogP) is 5.12. The fourth-order valence-electron chi connectivity index (χ4n) is 5.28. The number of pyridine rings is 1. The summed E-state index contributed by atoms with van der Waals surface area (Å²) in [6, 6.07) is 17.6. The van der Waals surface area contributed by atoms with Crippen molar-refractivity contribution >= 4 is 52.5 Å². The van der Waals surface area contributed by atoms with E-state index in [2.05, 4.69) is 22.2 Å². The van der Waals surface area contributed by atoms with E-state index in [9.17, 15) is 19.2 Å². The Hall–Kier alpha value is -5.99. The Morgan fingerprint density at radius 3 is 2.53 bits per heavy atom. The number of nitrogens with zero attached hydrogens (tertiary/aromatic N) is 5. The van der Waals surface area contributed by atoms with Crippen molar-refractivity contribution in [2.45, 2.75) is 51.7 Å². The van der Waals surface area contributed by atoms with Gasteiger partial charge < -0.3 is 34.6 Å². The normalized spacial score (nSPS) is 13.3. The summed E-state index contributed by atoms with van der Waals surface area (Å²) in [4.78, 5) is 63.8. The summed E-state index contributed by atoms with van der Waals surface area (Å²) in [5.41, 5.74) is 9.22. The van der Waals surface area contributed by atoms with E-state index in [-0.39, 0.29) is 37.9 Å². The first-order valence-electron chi connectivity index (χ1n) is 16.7. The number of aliphatic imine (C=N–C) groups is 1. The second-order valence-corrected chi connectivity index (χ2v) is 11.8. The molecule has 0 atom stereocenters. The van der Waals surface area contributed by atoms with Crippen molar-refractivity contribution in [1.29, 1.82) is 0 Å². The third-order valence-corrected chi connectivity index (χ3v) is 8.07. The number of esters is 1. The average Bonchev–Trinajstić information content (AvgIpc) is 3.46. The van der Waals surface area contributed by atoms with Gasteiger partial charge in [-0.05, 0) is 61.0 Å². The van der Waals surface area contributed by atoms with Gasteiger partial charge in [0, 0.05) is 36.6 Å². The summed E-state index contributed by atoms with van der Waals surface area (Å²) in [5.74, 6) is 0.223. The highest BCUT2D eigenvalue weighted by Gasteiger charge is 2.26. The topological polar surface area (TPSA) is 190 Å². The molecule has 3 heterocycles. The number of nitrogens with two attached hydrogens (primary N) is 1. The molecule has 0 radical (unpaired) electrons. The zero-order valence-corrected chi connectivity index (χ0v) is 28.6. The van der Waals surface area contributed by atoms with E-state index in [1.165, 1.54) is 4.90 Å². The van der Waals surface area contributed by atoms with E-state index in [1.807, 2.05) is 29.8 Å². The van der Waals surface area contributed by atoms with Gasteiger partial charge in [0.15, 0.2) is 6.10 Å². The number of imidazole rings is 1. The minimum absolute atomic E-state index is 0.00300. The van der Waals surface area contributed by atoms with E-state index < -0.39 is 24.3 Å². The third kappa shape index (κ3) is 10.0. The van der Waals surface area contributed by atoms with Crippen LogP contribution in [0, 0.1) is 0 Å². The summed E-state index contributed by atoms with van der Waals surface area (Å²) in [6.07, 6.45) is 3.20. The summed E-state index contributed by atoms with van der Waals surface area (Å²) < 4.78 is 21.9. The molecule has 0 spiro atoms. The summed E-state index contributed by atoms with van der Waals surface area (Å²) in [6.45, 7) is 2.63. The smallest absolute Gasteiger partial charge is 0.455 e. The number of amidine groups is 1. The average molecular weight is 700 g/mol. The zero-order chi connectivity index (χ0) is 36.2. The Bertz CT molecular complexity index is 1850. The number of hydrogen-bond acceptors (Lipinski definition) is 11. The maximum absolute atomic E-state index is 13.8. The quantitative estimate of drug-likeness (QED) is 0.0549. The van der Waals surface area contributed by atoms with Crippen LogP contribution in [0.3, 0.4) is 0 Å². The number of carbonyl (C=O) groups is 4. The van der Waals surface area contributed by atoms with E-state index in [4.69, 9.17) is 29.7 Å². The number of carbonyl (C=O) groups excluding carboxylic acids is 4. The van der Waals surface area contributed by atoms with Crippen LogP contribution in [0.2, 0.25) is 0 Å². The van der Waals surface area contributed by atoms with Gasteiger partial charge >= 0.3 is 18.2 Å². The molecule has 2 amide bonds. The van der Waals surface area contributed by atoms with Gasteiger partial charge in [-0.2, -0.15) is 4.99 Å². The second kappa shape index (κ2) is 17.6. The molecule has 1 aliphatic rings. The van der Waals surface area contributed by atoms with Gasteiger partial charge in [-0.25, -0.2) is 19.6 Å². The molecule has 15 nitrogen and oxygen atoms in total. The van der Waals surface area contributed by atoms with Gasteiger partial charge in [0.05, 0.1) is 30.6 Å². The van der Waals surface area contributed by atoms with Crippen LogP contribution in [-0.2, 0) is 37.3 Å². The highest BCUT2D eigenvalue weighted by Crippen LogP contribution is 2.22. The molecule has 0 bridgehead atoms. The summed E-state index contributed by atoms with van der Waals surface area (Å²) in [5, 5.41) is 3.33. The zero-order valence-electron chi connectivity index (χ0n) is 28.6. The number of fused-ring (bicyclic) bond motifs is 1. The van der Waals surface area contributed by atoms with Crippen LogP contribution < -0.4 is 16.0 Å². The molecule has 15 heteroatoms. The van der Waals surface area contributed by atoms with E-state index in [1.54, 1.807) is 48.7 Å². The van der Waals surface area contributed by atoms with Gasteiger partial charge in [0.1, 0.15) is 30.7 Å². The number of hydrogen-bond donors (Lipinski definition) is 2. The minimum atomic E-state index is -0.810. The fraction of sp³-hybridized carbons (Fsp3) is 0.361. The lowest BCUT2D eigenvalue weighted by Crippen LogP contribution is -2.37. The minimum Gasteiger partial charge on any atom is -0.455 e. The first-order chi connectivity index (χ1) is 24.7. The molecule has 1 fully saturated rings. The summed E-state index contributed by atoms with van der Waals surface area (Å²) >= 11 is 0. The lowest BCUT2D eigenvalue weighted by molar-refractivity contribution is -0.158. The predicted molar refractivity (Wildman–Crippen MR) is 188 cm³/mol. The van der Waals surface area contributed by atoms with Crippen molar-refractivity contribution < 1.29 is 38.1 Å². The molecule has 2 aromatic carbocycles. The van der Waals surface area contributed by atoms with Crippen LogP contribution in [0.4, 0.5) is 21.1 Å². The van der Waals surface area contributed by atoms with Crippen LogP contribution in [0.5, 0.6) is 0 Å². The highest BCUT2D eigenvalue weighted by atomic mass is 16.7. The van der Waals surface area contributed by atoms with E-state index in [0.29, 0.717) is 35.6 Å². The standard InChI is InChI=1S/C36H41N7O8/c1-3-4-5-8-19-48-35(46)41-33(37)24-10-13-26(14-11-24)39-21-31-40-28-20-25(12-15-29(28)42(31)2)34(45)43(30-9-6-7-17-38-30)18-16-32(44)51-27-22-49-36(47)50-23-27/h6-7,9-15,17,20,27,39H,3-5,8,16,18-19,21-23H2,1-2H3,(H2,37,41,46). The van der Waals surface area contributed by atoms with Crippen LogP contribution in [0.15, 0.2) is 71.9 Å². The first-order valence-corrected chi connectivity index (χ1v) is 16.7. The number of ether oxygens (including phenoxy) is 4. The largest absolute Gasteiger partial charge is 0.508 e. The molecule has 0 unspecified atom stereocenters. The molecular weight excluding hydrogens is 658 g/mol. The Labute approximate surface area is 294 Å². The van der Waals surface area contributed by atoms with Crippen molar-refractivity contribution in [2.24, 2.45) is 17.8 Å². The Balaban J connectivity index is 1.20. The lowest BCUT2D eigenvalue weighted by atomic mass is 10.1. The van der Waals surface area contributed by atoms with Crippen LogP contribution >= 0.6 is 0 Å². The molecule has 4 aromatic rings. The van der Waals surface area contributed by atoms with Crippen molar-refractivity contribution in [1.82, 2.24) is 14.5 Å². The monoisotopic (exact) mass is 699 g/mol. The lowest BCUT2D eigenvalue weighted by Gasteiger charge is -2.24. The number of benzene rings is 2. The Kier molecular flexibility index (Phi) is 12.5. The Morgan fingerprint density at radius 2 is 1.80 bits per heavy atom. The molecule has 0 aliphatic carbocycles. The van der Waals surface area contributed by atoms with Crippen LogP contribution in [0.1, 0.15) is 60.8 Å². The van der Waals surface area contributed by atoms with Gasteiger partial charge in [0.25, 0.3) is 5.91 Å². The number of cyclic esters (lactones) is 2. The van der Waals surface area contributed by atoms with Gasteiger partial charge in [-0.1, -0.05) is 32.3 Å². The molecule has 5 rings (SSSR count).